The Kier molecular flexibility index (Phi) is 4.89. The minimum absolute atomic E-state index is 0.0841. The molecule has 25 heavy (non-hydrogen) atoms. The van der Waals surface area contributed by atoms with E-state index in [2.05, 4.69) is 26.4 Å². The molecule has 1 N–H and O–H groups in total. The average molecular weight is 337 g/mol. The molecule has 0 saturated heterocycles. The fraction of sp³-hybridized carbons (Fsp3) is 0.389. The Balaban J connectivity index is 1.47. The first-order valence-electron chi connectivity index (χ1n) is 8.22. The van der Waals surface area contributed by atoms with Crippen LogP contribution < -0.4 is 10.9 Å². The monoisotopic (exact) mass is 337 g/mol. The van der Waals surface area contributed by atoms with E-state index in [0.717, 1.165) is 0 Å². The number of nitrogens with one attached hydrogen (secondary N) is 1. The lowest BCUT2D eigenvalue weighted by molar-refractivity contribution is -0.121. The number of amides is 1. The molecule has 1 aliphatic rings. The normalized spacial score (nSPS) is 14.2. The molecule has 7 nitrogen and oxygen atoms in total. The Morgan fingerprint density at radius 3 is 2.84 bits per heavy atom. The number of aromatic nitrogens is 2. The van der Waals surface area contributed by atoms with Crippen molar-refractivity contribution in [1.29, 1.82) is 0 Å². The van der Waals surface area contributed by atoms with Crippen LogP contribution in [0.25, 0.3) is 10.9 Å². The summed E-state index contributed by atoms with van der Waals surface area (Å²) in [5, 5.41) is 11.4. The van der Waals surface area contributed by atoms with E-state index < -0.39 is 5.66 Å². The zero-order valence-electron chi connectivity index (χ0n) is 13.8. The van der Waals surface area contributed by atoms with Crippen molar-refractivity contribution >= 4 is 16.8 Å². The van der Waals surface area contributed by atoms with E-state index >= 15 is 0 Å². The van der Waals surface area contributed by atoms with E-state index in [1.54, 1.807) is 12.1 Å². The van der Waals surface area contributed by atoms with Crippen molar-refractivity contribution in [1.82, 2.24) is 14.9 Å². The summed E-state index contributed by atoms with van der Waals surface area (Å²) in [7, 11) is 0. The molecule has 1 aromatic heterocycles. The predicted octanol–water partition coefficient (Wildman–Crippen LogP) is 1.87. The van der Waals surface area contributed by atoms with Gasteiger partial charge in [-0.3, -0.25) is 14.2 Å². The van der Waals surface area contributed by atoms with Crippen LogP contribution in [-0.4, -0.2) is 27.7 Å². The Morgan fingerprint density at radius 1 is 1.28 bits per heavy atom. The molecule has 0 saturated carbocycles. The number of fused-ring (bicyclic) bond motifs is 1. The first-order chi connectivity index (χ1) is 12.1. The first-order valence-corrected chi connectivity index (χ1v) is 8.22. The smallest absolute Gasteiger partial charge is 0.261 e. The minimum atomic E-state index is -0.442. The SMILES string of the molecule is C#CCCC1(CCC(=O)NCCn2cnc3ccccc3c2=O)N=N1. The number of nitrogens with zero attached hydrogens (tertiary/aromatic N) is 4. The highest BCUT2D eigenvalue weighted by atomic mass is 16.1. The maximum Gasteiger partial charge on any atom is 0.261 e. The molecule has 0 fully saturated rings. The number of para-hydroxylation sites is 1. The predicted molar refractivity (Wildman–Crippen MR) is 93.9 cm³/mol. The Bertz CT molecular complexity index is 904. The molecule has 128 valence electrons. The lowest BCUT2D eigenvalue weighted by Crippen LogP contribution is -2.31. The molecule has 3 rings (SSSR count). The fourth-order valence-corrected chi connectivity index (χ4v) is 2.65. The van der Waals surface area contributed by atoms with Gasteiger partial charge in [0.15, 0.2) is 5.66 Å². The van der Waals surface area contributed by atoms with Crippen LogP contribution in [0, 0.1) is 12.3 Å². The van der Waals surface area contributed by atoms with Gasteiger partial charge in [0.1, 0.15) is 0 Å². The third-order valence-electron chi connectivity index (χ3n) is 4.21. The van der Waals surface area contributed by atoms with Crippen molar-refractivity contribution < 1.29 is 4.79 Å². The quantitative estimate of drug-likeness (QED) is 0.746. The lowest BCUT2D eigenvalue weighted by atomic mass is 10.0. The van der Waals surface area contributed by atoms with Crippen molar-refractivity contribution in [3.63, 3.8) is 0 Å². The Morgan fingerprint density at radius 2 is 2.08 bits per heavy atom. The van der Waals surface area contributed by atoms with Gasteiger partial charge in [0.25, 0.3) is 5.56 Å². The molecule has 1 aromatic carbocycles. The highest BCUT2D eigenvalue weighted by Gasteiger charge is 2.39. The summed E-state index contributed by atoms with van der Waals surface area (Å²) < 4.78 is 1.50. The number of benzene rings is 1. The van der Waals surface area contributed by atoms with E-state index in [1.807, 2.05) is 12.1 Å². The first kappa shape index (κ1) is 16.8. The molecular weight excluding hydrogens is 318 g/mol. The molecule has 0 spiro atoms. The van der Waals surface area contributed by atoms with Gasteiger partial charge in [0.2, 0.25) is 5.91 Å². The summed E-state index contributed by atoms with van der Waals surface area (Å²) in [6.45, 7) is 0.740. The fourth-order valence-electron chi connectivity index (χ4n) is 2.65. The standard InChI is InChI=1S/C18H19N5O2/c1-2-3-9-18(21-22-18)10-8-16(24)19-11-12-23-13-20-15-7-5-4-6-14(15)17(23)25/h1,4-7,13H,3,8-12H2,(H,19,24). The van der Waals surface area contributed by atoms with E-state index in [0.29, 0.717) is 49.7 Å². The molecule has 1 amide bonds. The van der Waals surface area contributed by atoms with Gasteiger partial charge in [-0.05, 0) is 12.1 Å². The van der Waals surface area contributed by atoms with Crippen molar-refractivity contribution in [2.75, 3.05) is 6.54 Å². The average Bonchev–Trinajstić information content (AvgIpc) is 3.41. The van der Waals surface area contributed by atoms with Crippen LogP contribution in [0.4, 0.5) is 0 Å². The van der Waals surface area contributed by atoms with Gasteiger partial charge in [-0.2, -0.15) is 10.2 Å². The summed E-state index contributed by atoms with van der Waals surface area (Å²) in [6.07, 6.45) is 8.95. The van der Waals surface area contributed by atoms with Gasteiger partial charge < -0.3 is 5.32 Å². The second-order valence-electron chi connectivity index (χ2n) is 6.00. The van der Waals surface area contributed by atoms with Gasteiger partial charge in [-0.25, -0.2) is 4.98 Å². The number of hydrogen-bond acceptors (Lipinski definition) is 5. The highest BCUT2D eigenvalue weighted by Crippen LogP contribution is 2.37. The van der Waals surface area contributed by atoms with E-state index in [9.17, 15) is 9.59 Å². The maximum atomic E-state index is 12.3. The number of carbonyl (C=O) groups is 1. The largest absolute Gasteiger partial charge is 0.354 e. The highest BCUT2D eigenvalue weighted by molar-refractivity contribution is 5.77. The van der Waals surface area contributed by atoms with Crippen LogP contribution in [0.2, 0.25) is 0 Å². The molecule has 7 heteroatoms. The lowest BCUT2D eigenvalue weighted by Gasteiger charge is -2.10. The molecule has 0 unspecified atom stereocenters. The second-order valence-corrected chi connectivity index (χ2v) is 6.00. The molecule has 2 aromatic rings. The number of hydrogen-bond donors (Lipinski definition) is 1. The number of carbonyl (C=O) groups excluding carboxylic acids is 1. The third kappa shape index (κ3) is 4.10. The zero-order chi connectivity index (χ0) is 17.7. The zero-order valence-corrected chi connectivity index (χ0v) is 13.8. The van der Waals surface area contributed by atoms with Crippen LogP contribution >= 0.6 is 0 Å². The Labute approximate surface area is 145 Å². The topological polar surface area (TPSA) is 88.7 Å². The summed E-state index contributed by atoms with van der Waals surface area (Å²) in [5.74, 6) is 2.48. The summed E-state index contributed by atoms with van der Waals surface area (Å²) >= 11 is 0. The molecule has 0 aliphatic carbocycles. The number of terminal acetylenes is 1. The summed E-state index contributed by atoms with van der Waals surface area (Å²) in [6, 6.07) is 7.20. The minimum Gasteiger partial charge on any atom is -0.354 e. The van der Waals surface area contributed by atoms with Crippen LogP contribution in [0.15, 0.2) is 45.6 Å². The maximum absolute atomic E-state index is 12.3. The molecule has 0 radical (unpaired) electrons. The van der Waals surface area contributed by atoms with Gasteiger partial charge in [0.05, 0.1) is 17.2 Å². The molecule has 2 heterocycles. The van der Waals surface area contributed by atoms with Crippen LogP contribution in [0.3, 0.4) is 0 Å². The second kappa shape index (κ2) is 7.26. The van der Waals surface area contributed by atoms with E-state index in [-0.39, 0.29) is 11.5 Å². The summed E-state index contributed by atoms with van der Waals surface area (Å²) in [5.41, 5.74) is 0.119. The van der Waals surface area contributed by atoms with Crippen molar-refractivity contribution in [2.45, 2.75) is 37.9 Å². The van der Waals surface area contributed by atoms with Crippen LogP contribution in [-0.2, 0) is 11.3 Å². The molecule has 1 aliphatic heterocycles. The van der Waals surface area contributed by atoms with E-state index in [4.69, 9.17) is 6.42 Å². The van der Waals surface area contributed by atoms with Gasteiger partial charge in [-0.15, -0.1) is 12.3 Å². The van der Waals surface area contributed by atoms with Crippen molar-refractivity contribution in [3.8, 4) is 12.3 Å². The molecule has 0 bridgehead atoms. The van der Waals surface area contributed by atoms with Gasteiger partial charge in [-0.1, -0.05) is 12.1 Å². The Hall–Kier alpha value is -3.01. The van der Waals surface area contributed by atoms with Crippen LogP contribution in [0.1, 0.15) is 25.7 Å². The van der Waals surface area contributed by atoms with Crippen LogP contribution in [0.5, 0.6) is 0 Å². The van der Waals surface area contributed by atoms with Crippen molar-refractivity contribution in [2.24, 2.45) is 10.2 Å². The van der Waals surface area contributed by atoms with E-state index in [1.165, 1.54) is 10.9 Å². The van der Waals surface area contributed by atoms with Gasteiger partial charge in [0, 0.05) is 38.8 Å². The summed E-state index contributed by atoms with van der Waals surface area (Å²) in [4.78, 5) is 28.5. The van der Waals surface area contributed by atoms with Crippen molar-refractivity contribution in [3.05, 3.63) is 40.9 Å². The molecular formula is C18H19N5O2. The third-order valence-corrected chi connectivity index (χ3v) is 4.21. The van der Waals surface area contributed by atoms with Gasteiger partial charge >= 0.3 is 0 Å². The molecule has 0 atom stereocenters. The number of rotatable bonds is 8.